The lowest BCUT2D eigenvalue weighted by molar-refractivity contribution is 0.0692. The Kier molecular flexibility index (Phi) is 3.76. The molecule has 0 saturated carbocycles. The van der Waals surface area contributed by atoms with E-state index in [2.05, 4.69) is 4.98 Å². The zero-order valence-corrected chi connectivity index (χ0v) is 11.5. The number of thiazole rings is 1. The molecule has 1 unspecified atom stereocenters. The number of hydrogen-bond acceptors (Lipinski definition) is 6. The smallest absolute Gasteiger partial charge is 0.357 e. The minimum absolute atomic E-state index is 0.0812. The van der Waals surface area contributed by atoms with E-state index in [0.717, 1.165) is 20.5 Å². The van der Waals surface area contributed by atoms with Crippen molar-refractivity contribution in [3.05, 3.63) is 28.2 Å². The van der Waals surface area contributed by atoms with E-state index in [4.69, 9.17) is 5.11 Å². The molecular formula is C9H7N2O4S3-. The van der Waals surface area contributed by atoms with Crippen LogP contribution in [0.2, 0.25) is 0 Å². The zero-order chi connectivity index (χ0) is 13.3. The monoisotopic (exact) mass is 303 g/mol. The maximum atomic E-state index is 11.3. The average molecular weight is 303 g/mol. The van der Waals surface area contributed by atoms with Gasteiger partial charge in [-0.15, -0.1) is 22.7 Å². The number of rotatable bonds is 4. The minimum atomic E-state index is -2.60. The largest absolute Gasteiger partial charge is 0.755 e. The highest BCUT2D eigenvalue weighted by Gasteiger charge is 2.22. The van der Waals surface area contributed by atoms with Crippen molar-refractivity contribution in [3.63, 3.8) is 0 Å². The summed E-state index contributed by atoms with van der Waals surface area (Å²) < 4.78 is 23.5. The van der Waals surface area contributed by atoms with Gasteiger partial charge in [-0.1, -0.05) is 0 Å². The van der Waals surface area contributed by atoms with E-state index in [1.807, 2.05) is 6.92 Å². The van der Waals surface area contributed by atoms with Crippen LogP contribution in [-0.4, -0.2) is 24.8 Å². The van der Waals surface area contributed by atoms with Crippen molar-refractivity contribution in [1.82, 2.24) is 4.98 Å². The molecule has 0 aromatic carbocycles. The molecule has 0 aliphatic heterocycles. The third-order valence-electron chi connectivity index (χ3n) is 2.01. The zero-order valence-electron chi connectivity index (χ0n) is 9.02. The van der Waals surface area contributed by atoms with Crippen molar-refractivity contribution in [1.29, 1.82) is 0 Å². The third-order valence-corrected chi connectivity index (χ3v) is 4.72. The van der Waals surface area contributed by atoms with Crippen LogP contribution in [0.15, 0.2) is 17.6 Å². The molecule has 2 rings (SSSR count). The summed E-state index contributed by atoms with van der Waals surface area (Å²) in [5.41, 5.74) is 1.04. The lowest BCUT2D eigenvalue weighted by atomic mass is 10.4. The number of hydrogen-bond donors (Lipinski definition) is 1. The molecule has 96 valence electrons. The van der Waals surface area contributed by atoms with Crippen LogP contribution in [0.5, 0.6) is 0 Å². The first-order valence-corrected chi connectivity index (χ1v) is 7.36. The summed E-state index contributed by atoms with van der Waals surface area (Å²) in [5.74, 6) is -1.25. The molecule has 1 N–H and O–H groups in total. The highest BCUT2D eigenvalue weighted by Crippen LogP contribution is 2.37. The van der Waals surface area contributed by atoms with E-state index in [-0.39, 0.29) is 10.7 Å². The Bertz CT molecular complexity index is 606. The van der Waals surface area contributed by atoms with Gasteiger partial charge in [-0.05, 0) is 19.1 Å². The van der Waals surface area contributed by atoms with Gasteiger partial charge >= 0.3 is 5.97 Å². The molecule has 9 heteroatoms. The number of aromatic nitrogens is 1. The van der Waals surface area contributed by atoms with Gasteiger partial charge in [0.1, 0.15) is 10.0 Å². The highest BCUT2D eigenvalue weighted by molar-refractivity contribution is 7.81. The van der Waals surface area contributed by atoms with Crippen LogP contribution in [0.3, 0.4) is 0 Å². The van der Waals surface area contributed by atoms with Gasteiger partial charge in [0.25, 0.3) is 0 Å². The van der Waals surface area contributed by atoms with Crippen LogP contribution >= 0.6 is 22.7 Å². The van der Waals surface area contributed by atoms with Crippen molar-refractivity contribution in [2.75, 3.05) is 4.31 Å². The number of aryl methyl sites for hydroxylation is 1. The predicted molar refractivity (Wildman–Crippen MR) is 69.2 cm³/mol. The molecule has 2 aromatic rings. The van der Waals surface area contributed by atoms with Crippen LogP contribution in [-0.2, 0) is 11.3 Å². The van der Waals surface area contributed by atoms with E-state index in [1.54, 1.807) is 12.1 Å². The van der Waals surface area contributed by atoms with E-state index < -0.39 is 17.2 Å². The van der Waals surface area contributed by atoms with Crippen LogP contribution in [0, 0.1) is 6.92 Å². The molecule has 0 fully saturated rings. The first-order valence-electron chi connectivity index (χ1n) is 4.63. The molecule has 0 aliphatic rings. The summed E-state index contributed by atoms with van der Waals surface area (Å²) >= 11 is -0.369. The SMILES string of the molecule is Cc1ccc(N(c2scnc2C(=O)O)S(=O)[O-])s1. The predicted octanol–water partition coefficient (Wildman–Crippen LogP) is 2.14. The van der Waals surface area contributed by atoms with Gasteiger partial charge in [0.05, 0.1) is 16.8 Å². The number of carboxylic acid groups (broad SMARTS) is 1. The fraction of sp³-hybridized carbons (Fsp3) is 0.111. The molecule has 0 saturated heterocycles. The van der Waals surface area contributed by atoms with Crippen molar-refractivity contribution in [2.45, 2.75) is 6.92 Å². The number of carbonyl (C=O) groups is 1. The summed E-state index contributed by atoms with van der Waals surface area (Å²) in [6, 6.07) is 3.39. The maximum Gasteiger partial charge on any atom is 0.357 e. The summed E-state index contributed by atoms with van der Waals surface area (Å²) in [4.78, 5) is 15.6. The maximum absolute atomic E-state index is 11.3. The molecule has 0 bridgehead atoms. The summed E-state index contributed by atoms with van der Waals surface area (Å²) in [7, 11) is 0. The number of carboxylic acids is 1. The molecule has 0 amide bonds. The summed E-state index contributed by atoms with van der Waals surface area (Å²) in [5, 5.41) is 9.48. The van der Waals surface area contributed by atoms with E-state index >= 15 is 0 Å². The van der Waals surface area contributed by atoms with Gasteiger partial charge in [0, 0.05) is 4.88 Å². The van der Waals surface area contributed by atoms with E-state index in [9.17, 15) is 13.6 Å². The average Bonchev–Trinajstić information content (AvgIpc) is 2.88. The Morgan fingerprint density at radius 3 is 2.78 bits per heavy atom. The van der Waals surface area contributed by atoms with Gasteiger partial charge in [-0.25, -0.2) is 14.1 Å². The van der Waals surface area contributed by atoms with Crippen molar-refractivity contribution < 1.29 is 18.7 Å². The van der Waals surface area contributed by atoms with Crippen LogP contribution < -0.4 is 4.31 Å². The second-order valence-electron chi connectivity index (χ2n) is 3.21. The Hall–Kier alpha value is -1.29. The first-order chi connectivity index (χ1) is 8.50. The van der Waals surface area contributed by atoms with Gasteiger partial charge in [-0.3, -0.25) is 4.21 Å². The molecule has 18 heavy (non-hydrogen) atoms. The Balaban J connectivity index is 2.52. The molecule has 0 spiro atoms. The number of aromatic carboxylic acids is 1. The second kappa shape index (κ2) is 5.14. The Morgan fingerprint density at radius 2 is 2.28 bits per heavy atom. The standard InChI is InChI=1S/C9H8N2O4S3/c1-5-2-3-6(17-5)11(18(14)15)8-7(9(12)13)10-4-16-8/h2-4H,1H3,(H,12,13)(H,14,15)/p-1. The Labute approximate surface area is 113 Å². The Morgan fingerprint density at radius 1 is 1.56 bits per heavy atom. The van der Waals surface area contributed by atoms with Gasteiger partial charge in [-0.2, -0.15) is 0 Å². The molecule has 2 aromatic heterocycles. The normalized spacial score (nSPS) is 12.3. The first kappa shape index (κ1) is 13.1. The van der Waals surface area contributed by atoms with Crippen LogP contribution in [0.4, 0.5) is 10.0 Å². The molecule has 1 atom stereocenters. The van der Waals surface area contributed by atoms with Crippen molar-refractivity contribution in [2.24, 2.45) is 0 Å². The van der Waals surface area contributed by atoms with Crippen LogP contribution in [0.25, 0.3) is 0 Å². The number of nitrogens with zero attached hydrogens (tertiary/aromatic N) is 2. The summed E-state index contributed by atoms with van der Waals surface area (Å²) in [6.07, 6.45) is 0. The van der Waals surface area contributed by atoms with E-state index in [1.165, 1.54) is 16.8 Å². The quantitative estimate of drug-likeness (QED) is 0.873. The third kappa shape index (κ3) is 2.43. The molecule has 0 radical (unpaired) electrons. The number of anilines is 2. The molecule has 2 heterocycles. The van der Waals surface area contributed by atoms with Crippen molar-refractivity contribution >= 4 is 49.9 Å². The topological polar surface area (TPSA) is 93.6 Å². The number of thiophene rings is 1. The van der Waals surface area contributed by atoms with E-state index in [0.29, 0.717) is 5.00 Å². The molecule has 0 aliphatic carbocycles. The van der Waals surface area contributed by atoms with Crippen molar-refractivity contribution in [3.8, 4) is 0 Å². The second-order valence-corrected chi connectivity index (χ2v) is 6.11. The fourth-order valence-electron chi connectivity index (χ4n) is 1.30. The lowest BCUT2D eigenvalue weighted by Gasteiger charge is -2.23. The van der Waals surface area contributed by atoms with Gasteiger partial charge < -0.3 is 9.66 Å². The molecular weight excluding hydrogens is 296 g/mol. The van der Waals surface area contributed by atoms with Gasteiger partial charge in [0.15, 0.2) is 5.69 Å². The van der Waals surface area contributed by atoms with Gasteiger partial charge in [0.2, 0.25) is 0 Å². The lowest BCUT2D eigenvalue weighted by Crippen LogP contribution is -2.19. The molecule has 6 nitrogen and oxygen atoms in total. The highest BCUT2D eigenvalue weighted by atomic mass is 32.2. The fourth-order valence-corrected chi connectivity index (χ4v) is 3.88. The van der Waals surface area contributed by atoms with Crippen LogP contribution in [0.1, 0.15) is 15.4 Å². The summed E-state index contributed by atoms with van der Waals surface area (Å²) in [6.45, 7) is 1.84. The minimum Gasteiger partial charge on any atom is -0.755 e.